The standard InChI is InChI=1S/C18H16N2O3/c21-17(23-13-7-2-1-3-8-13)12-6-11-16-19-15-10-5-4-9-14(15)18(22)20-16/h1-5,7-10H,6,11-12H2,(H,19,20,22). The minimum absolute atomic E-state index is 0.155. The number of hydrogen-bond acceptors (Lipinski definition) is 4. The highest BCUT2D eigenvalue weighted by Crippen LogP contribution is 2.11. The predicted molar refractivity (Wildman–Crippen MR) is 87.4 cm³/mol. The number of para-hydroxylation sites is 2. The van der Waals surface area contributed by atoms with Crippen LogP contribution >= 0.6 is 0 Å². The third-order valence-electron chi connectivity index (χ3n) is 3.43. The second-order valence-corrected chi connectivity index (χ2v) is 5.17. The molecule has 3 aromatic rings. The van der Waals surface area contributed by atoms with Crippen LogP contribution in [0.5, 0.6) is 5.75 Å². The Bertz CT molecular complexity index is 872. The lowest BCUT2D eigenvalue weighted by atomic mass is 10.2. The molecule has 23 heavy (non-hydrogen) atoms. The van der Waals surface area contributed by atoms with E-state index in [-0.39, 0.29) is 17.9 Å². The number of aryl methyl sites for hydroxylation is 1. The first kappa shape index (κ1) is 15.0. The molecule has 5 nitrogen and oxygen atoms in total. The number of carbonyl (C=O) groups excluding carboxylic acids is 1. The van der Waals surface area contributed by atoms with Gasteiger partial charge in [0.05, 0.1) is 10.9 Å². The van der Waals surface area contributed by atoms with Crippen molar-refractivity contribution in [3.8, 4) is 5.75 Å². The van der Waals surface area contributed by atoms with E-state index in [1.807, 2.05) is 24.3 Å². The molecule has 0 saturated heterocycles. The molecule has 1 aromatic heterocycles. The molecule has 116 valence electrons. The van der Waals surface area contributed by atoms with Gasteiger partial charge in [0.1, 0.15) is 11.6 Å². The lowest BCUT2D eigenvalue weighted by Crippen LogP contribution is -2.13. The molecule has 0 aliphatic heterocycles. The first-order chi connectivity index (χ1) is 11.2. The van der Waals surface area contributed by atoms with Gasteiger partial charge < -0.3 is 9.72 Å². The minimum Gasteiger partial charge on any atom is -0.427 e. The lowest BCUT2D eigenvalue weighted by Gasteiger charge is -2.04. The molecule has 0 fully saturated rings. The number of nitrogens with one attached hydrogen (secondary N) is 1. The maximum atomic E-state index is 12.0. The molecule has 0 aliphatic rings. The van der Waals surface area contributed by atoms with Crippen molar-refractivity contribution in [1.29, 1.82) is 0 Å². The van der Waals surface area contributed by atoms with Crippen molar-refractivity contribution in [3.05, 3.63) is 70.8 Å². The molecular weight excluding hydrogens is 292 g/mol. The van der Waals surface area contributed by atoms with Crippen molar-refractivity contribution < 1.29 is 9.53 Å². The summed E-state index contributed by atoms with van der Waals surface area (Å²) in [4.78, 5) is 30.9. The van der Waals surface area contributed by atoms with Crippen LogP contribution in [0.4, 0.5) is 0 Å². The number of fused-ring (bicyclic) bond motifs is 1. The van der Waals surface area contributed by atoms with E-state index in [0.717, 1.165) is 0 Å². The van der Waals surface area contributed by atoms with Crippen LogP contribution < -0.4 is 10.3 Å². The van der Waals surface area contributed by atoms with Gasteiger partial charge in [0, 0.05) is 12.8 Å². The number of ether oxygens (including phenoxy) is 1. The first-order valence-electron chi connectivity index (χ1n) is 7.46. The SMILES string of the molecule is O=C(CCCc1nc2ccccc2c(=O)[nH]1)Oc1ccccc1. The number of aromatic amines is 1. The molecule has 3 rings (SSSR count). The van der Waals surface area contributed by atoms with Crippen LogP contribution in [0.2, 0.25) is 0 Å². The molecule has 0 spiro atoms. The molecule has 1 N–H and O–H groups in total. The smallest absolute Gasteiger partial charge is 0.311 e. The van der Waals surface area contributed by atoms with Gasteiger partial charge in [0.25, 0.3) is 5.56 Å². The first-order valence-corrected chi connectivity index (χ1v) is 7.46. The van der Waals surface area contributed by atoms with Gasteiger partial charge in [-0.25, -0.2) is 4.98 Å². The van der Waals surface area contributed by atoms with Crippen LogP contribution in [0.1, 0.15) is 18.7 Å². The van der Waals surface area contributed by atoms with Crippen molar-refractivity contribution in [3.63, 3.8) is 0 Å². The molecule has 1 heterocycles. The van der Waals surface area contributed by atoms with Gasteiger partial charge in [-0.1, -0.05) is 30.3 Å². The maximum Gasteiger partial charge on any atom is 0.311 e. The van der Waals surface area contributed by atoms with Gasteiger partial charge in [0.2, 0.25) is 0 Å². The van der Waals surface area contributed by atoms with E-state index in [4.69, 9.17) is 4.74 Å². The molecule has 0 unspecified atom stereocenters. The molecular formula is C18H16N2O3. The summed E-state index contributed by atoms with van der Waals surface area (Å²) in [5.74, 6) is 0.829. The average Bonchev–Trinajstić information content (AvgIpc) is 2.56. The monoisotopic (exact) mass is 308 g/mol. The van der Waals surface area contributed by atoms with Crippen LogP contribution in [0.3, 0.4) is 0 Å². The maximum absolute atomic E-state index is 12.0. The highest BCUT2D eigenvalue weighted by atomic mass is 16.5. The van der Waals surface area contributed by atoms with E-state index in [1.165, 1.54) is 0 Å². The van der Waals surface area contributed by atoms with E-state index in [1.54, 1.807) is 30.3 Å². The zero-order valence-electron chi connectivity index (χ0n) is 12.5. The quantitative estimate of drug-likeness (QED) is 0.581. The molecule has 5 heteroatoms. The van der Waals surface area contributed by atoms with Crippen LogP contribution in [0, 0.1) is 0 Å². The molecule has 0 saturated carbocycles. The number of rotatable bonds is 5. The number of esters is 1. The highest BCUT2D eigenvalue weighted by Gasteiger charge is 2.07. The van der Waals surface area contributed by atoms with Gasteiger partial charge in [-0.3, -0.25) is 9.59 Å². The Hall–Kier alpha value is -2.95. The summed E-state index contributed by atoms with van der Waals surface area (Å²) in [5, 5.41) is 0.569. The van der Waals surface area contributed by atoms with Crippen LogP contribution in [-0.2, 0) is 11.2 Å². The van der Waals surface area contributed by atoms with E-state index in [0.29, 0.717) is 35.3 Å². The number of hydrogen-bond donors (Lipinski definition) is 1. The number of carbonyl (C=O) groups is 1. The van der Waals surface area contributed by atoms with Gasteiger partial charge in [-0.05, 0) is 30.7 Å². The number of aromatic nitrogens is 2. The van der Waals surface area contributed by atoms with Crippen molar-refractivity contribution in [1.82, 2.24) is 9.97 Å². The topological polar surface area (TPSA) is 72.0 Å². The largest absolute Gasteiger partial charge is 0.427 e. The molecule has 0 aliphatic carbocycles. The Balaban J connectivity index is 1.58. The minimum atomic E-state index is -0.292. The second-order valence-electron chi connectivity index (χ2n) is 5.17. The van der Waals surface area contributed by atoms with Crippen LogP contribution in [0.15, 0.2) is 59.4 Å². The van der Waals surface area contributed by atoms with Gasteiger partial charge in [-0.2, -0.15) is 0 Å². The van der Waals surface area contributed by atoms with Crippen LogP contribution in [0.25, 0.3) is 10.9 Å². The molecule has 0 amide bonds. The number of H-pyrrole nitrogens is 1. The van der Waals surface area contributed by atoms with E-state index in [2.05, 4.69) is 9.97 Å². The summed E-state index contributed by atoms with van der Waals surface area (Å²) < 4.78 is 5.22. The summed E-state index contributed by atoms with van der Waals surface area (Å²) in [6.07, 6.45) is 1.35. The van der Waals surface area contributed by atoms with Crippen molar-refractivity contribution >= 4 is 16.9 Å². The van der Waals surface area contributed by atoms with E-state index >= 15 is 0 Å². The van der Waals surface area contributed by atoms with Crippen molar-refractivity contribution in [2.75, 3.05) is 0 Å². The van der Waals surface area contributed by atoms with Crippen LogP contribution in [-0.4, -0.2) is 15.9 Å². The summed E-state index contributed by atoms with van der Waals surface area (Å²) in [7, 11) is 0. The van der Waals surface area contributed by atoms with Gasteiger partial charge in [0.15, 0.2) is 0 Å². The van der Waals surface area contributed by atoms with Crippen molar-refractivity contribution in [2.45, 2.75) is 19.3 Å². The Morgan fingerprint density at radius 1 is 1.04 bits per heavy atom. The summed E-state index contributed by atoms with van der Waals surface area (Å²) in [5.41, 5.74) is 0.510. The van der Waals surface area contributed by atoms with E-state index in [9.17, 15) is 9.59 Å². The third kappa shape index (κ3) is 3.83. The Morgan fingerprint density at radius 3 is 2.61 bits per heavy atom. The summed E-state index contributed by atoms with van der Waals surface area (Å²) in [6.45, 7) is 0. The third-order valence-corrected chi connectivity index (χ3v) is 3.43. The van der Waals surface area contributed by atoms with Gasteiger partial charge in [-0.15, -0.1) is 0 Å². The summed E-state index contributed by atoms with van der Waals surface area (Å²) >= 11 is 0. The van der Waals surface area contributed by atoms with Crippen molar-refractivity contribution in [2.24, 2.45) is 0 Å². The summed E-state index contributed by atoms with van der Waals surface area (Å²) in [6, 6.07) is 16.1. The normalized spacial score (nSPS) is 10.6. The second kappa shape index (κ2) is 6.87. The zero-order chi connectivity index (χ0) is 16.1. The fourth-order valence-electron chi connectivity index (χ4n) is 2.32. The molecule has 0 bridgehead atoms. The molecule has 2 aromatic carbocycles. The van der Waals surface area contributed by atoms with E-state index < -0.39 is 0 Å². The molecule has 0 radical (unpaired) electrons. The van der Waals surface area contributed by atoms with Gasteiger partial charge >= 0.3 is 5.97 Å². The Kier molecular flexibility index (Phi) is 4.47. The number of benzene rings is 2. The average molecular weight is 308 g/mol. The highest BCUT2D eigenvalue weighted by molar-refractivity contribution is 5.77. The fourth-order valence-corrected chi connectivity index (χ4v) is 2.32. The predicted octanol–water partition coefficient (Wildman–Crippen LogP) is 2.85. The fraction of sp³-hybridized carbons (Fsp3) is 0.167. The number of nitrogens with zero attached hydrogens (tertiary/aromatic N) is 1. The molecule has 0 atom stereocenters. The Labute approximate surface area is 133 Å². The zero-order valence-corrected chi connectivity index (χ0v) is 12.5. The lowest BCUT2D eigenvalue weighted by molar-refractivity contribution is -0.134. The Morgan fingerprint density at radius 2 is 1.78 bits per heavy atom.